The number of nitro benzene ring substituents is 1. The van der Waals surface area contributed by atoms with E-state index in [-0.39, 0.29) is 21.4 Å². The molecule has 31 heavy (non-hydrogen) atoms. The van der Waals surface area contributed by atoms with E-state index in [1.54, 1.807) is 26.0 Å². The summed E-state index contributed by atoms with van der Waals surface area (Å²) >= 11 is 6.35. The van der Waals surface area contributed by atoms with E-state index in [9.17, 15) is 18.5 Å². The summed E-state index contributed by atoms with van der Waals surface area (Å²) in [5.74, 6) is 0.670. The first kappa shape index (κ1) is 22.6. The minimum atomic E-state index is -3.87. The van der Waals surface area contributed by atoms with Crippen LogP contribution in [-0.2, 0) is 10.0 Å². The molecule has 3 aromatic carbocycles. The van der Waals surface area contributed by atoms with E-state index in [0.29, 0.717) is 22.6 Å². The van der Waals surface area contributed by atoms with Crippen LogP contribution in [0.4, 0.5) is 11.4 Å². The van der Waals surface area contributed by atoms with Crippen LogP contribution in [0.15, 0.2) is 53.4 Å². The molecule has 0 heterocycles. The van der Waals surface area contributed by atoms with E-state index in [2.05, 4.69) is 4.72 Å². The molecule has 0 aromatic heterocycles. The van der Waals surface area contributed by atoms with Gasteiger partial charge in [-0.1, -0.05) is 17.7 Å². The van der Waals surface area contributed by atoms with Crippen LogP contribution in [0.3, 0.4) is 0 Å². The highest BCUT2D eigenvalue weighted by Gasteiger charge is 2.20. The van der Waals surface area contributed by atoms with Gasteiger partial charge in [0.15, 0.2) is 0 Å². The van der Waals surface area contributed by atoms with Crippen LogP contribution in [0.1, 0.15) is 22.3 Å². The molecule has 0 saturated carbocycles. The van der Waals surface area contributed by atoms with Crippen LogP contribution >= 0.6 is 11.6 Å². The molecule has 0 aliphatic rings. The molecule has 3 aromatic rings. The van der Waals surface area contributed by atoms with E-state index in [1.807, 2.05) is 19.9 Å². The number of ether oxygens (including phenoxy) is 1. The van der Waals surface area contributed by atoms with Gasteiger partial charge in [-0.05, 0) is 80.3 Å². The zero-order valence-corrected chi connectivity index (χ0v) is 19.0. The summed E-state index contributed by atoms with van der Waals surface area (Å²) in [5.41, 5.74) is 3.50. The summed E-state index contributed by atoms with van der Waals surface area (Å²) in [6.45, 7) is 7.21. The van der Waals surface area contributed by atoms with Crippen molar-refractivity contribution in [2.45, 2.75) is 32.6 Å². The maximum Gasteiger partial charge on any atom is 0.269 e. The van der Waals surface area contributed by atoms with Crippen LogP contribution in [0.2, 0.25) is 5.02 Å². The molecule has 162 valence electrons. The van der Waals surface area contributed by atoms with Crippen molar-refractivity contribution < 1.29 is 18.1 Å². The van der Waals surface area contributed by atoms with E-state index in [0.717, 1.165) is 11.1 Å². The lowest BCUT2D eigenvalue weighted by molar-refractivity contribution is -0.384. The van der Waals surface area contributed by atoms with Crippen molar-refractivity contribution in [1.82, 2.24) is 0 Å². The van der Waals surface area contributed by atoms with E-state index in [1.165, 1.54) is 30.3 Å². The first-order chi connectivity index (χ1) is 14.5. The summed E-state index contributed by atoms with van der Waals surface area (Å²) < 4.78 is 34.1. The Kier molecular flexibility index (Phi) is 6.24. The van der Waals surface area contributed by atoms with Crippen LogP contribution in [0.25, 0.3) is 0 Å². The number of anilines is 1. The highest BCUT2D eigenvalue weighted by Crippen LogP contribution is 2.37. The van der Waals surface area contributed by atoms with Crippen molar-refractivity contribution in [3.63, 3.8) is 0 Å². The molecule has 0 aliphatic heterocycles. The maximum absolute atomic E-state index is 12.9. The Morgan fingerprint density at radius 1 is 0.903 bits per heavy atom. The molecule has 0 bridgehead atoms. The zero-order valence-electron chi connectivity index (χ0n) is 17.4. The molecule has 0 atom stereocenters. The fourth-order valence-electron chi connectivity index (χ4n) is 2.97. The van der Waals surface area contributed by atoms with Gasteiger partial charge in [0, 0.05) is 17.8 Å². The highest BCUT2D eigenvalue weighted by atomic mass is 35.5. The monoisotopic (exact) mass is 460 g/mol. The number of rotatable bonds is 6. The molecule has 0 amide bonds. The molecule has 0 radical (unpaired) electrons. The number of halogens is 1. The average Bonchev–Trinajstić information content (AvgIpc) is 2.68. The lowest BCUT2D eigenvalue weighted by atomic mass is 10.1. The first-order valence-electron chi connectivity index (χ1n) is 9.31. The number of aryl methyl sites for hydroxylation is 4. The Hall–Kier alpha value is -3.10. The second-order valence-electron chi connectivity index (χ2n) is 7.26. The van der Waals surface area contributed by atoms with Crippen LogP contribution in [0.5, 0.6) is 11.5 Å². The van der Waals surface area contributed by atoms with Gasteiger partial charge >= 0.3 is 0 Å². The lowest BCUT2D eigenvalue weighted by Gasteiger charge is -2.15. The molecule has 3 rings (SSSR count). The Labute approximate surface area is 185 Å². The fourth-order valence-corrected chi connectivity index (χ4v) is 4.50. The fraction of sp³-hybridized carbons (Fsp3) is 0.182. The SMILES string of the molecule is Cc1ccc(NS(=O)(=O)c2cc(C)c(Oc3ccc([N+](=O)[O-])cc3C)c(Cl)c2)cc1C. The van der Waals surface area contributed by atoms with E-state index in [4.69, 9.17) is 16.3 Å². The standard InChI is InChI=1S/C22H21ClN2O5S/c1-13-5-6-17(9-14(13)2)24-31(28,29)19-11-16(4)22(20(23)12-19)30-21-8-7-18(25(26)27)10-15(21)3/h5-12,24H,1-4H3. The topological polar surface area (TPSA) is 98.5 Å². The first-order valence-corrected chi connectivity index (χ1v) is 11.2. The lowest BCUT2D eigenvalue weighted by Crippen LogP contribution is -2.13. The van der Waals surface area contributed by atoms with Gasteiger partial charge in [-0.2, -0.15) is 0 Å². The Balaban J connectivity index is 1.91. The van der Waals surface area contributed by atoms with Crippen molar-refractivity contribution >= 4 is 33.0 Å². The second-order valence-corrected chi connectivity index (χ2v) is 9.35. The number of nitrogens with zero attached hydrogens (tertiary/aromatic N) is 1. The third-order valence-electron chi connectivity index (χ3n) is 4.85. The zero-order chi connectivity index (χ0) is 22.9. The predicted octanol–water partition coefficient (Wildman–Crippen LogP) is 6.07. The summed E-state index contributed by atoms with van der Waals surface area (Å²) in [6.07, 6.45) is 0. The molecular weight excluding hydrogens is 440 g/mol. The molecule has 0 unspecified atom stereocenters. The predicted molar refractivity (Wildman–Crippen MR) is 121 cm³/mol. The molecule has 1 N–H and O–H groups in total. The average molecular weight is 461 g/mol. The summed E-state index contributed by atoms with van der Waals surface area (Å²) in [7, 11) is -3.87. The van der Waals surface area contributed by atoms with Crippen molar-refractivity contribution in [3.8, 4) is 11.5 Å². The molecule has 0 fully saturated rings. The molecule has 0 aliphatic carbocycles. The quantitative estimate of drug-likeness (QED) is 0.355. The van der Waals surface area contributed by atoms with Crippen LogP contribution in [-0.4, -0.2) is 13.3 Å². The summed E-state index contributed by atoms with van der Waals surface area (Å²) in [4.78, 5) is 10.4. The number of nitrogens with one attached hydrogen (secondary N) is 1. The molecular formula is C22H21ClN2O5S. The van der Waals surface area contributed by atoms with E-state index < -0.39 is 14.9 Å². The number of hydrogen-bond donors (Lipinski definition) is 1. The number of benzene rings is 3. The smallest absolute Gasteiger partial charge is 0.269 e. The largest absolute Gasteiger partial charge is 0.455 e. The molecule has 7 nitrogen and oxygen atoms in total. The molecule has 9 heteroatoms. The highest BCUT2D eigenvalue weighted by molar-refractivity contribution is 7.92. The summed E-state index contributed by atoms with van der Waals surface area (Å²) in [6, 6.07) is 12.3. The van der Waals surface area contributed by atoms with Crippen molar-refractivity contribution in [2.75, 3.05) is 4.72 Å². The Bertz CT molecular complexity index is 1270. The number of nitro groups is 1. The van der Waals surface area contributed by atoms with Crippen molar-refractivity contribution in [3.05, 3.63) is 85.9 Å². The second kappa shape index (κ2) is 8.56. The molecule has 0 saturated heterocycles. The summed E-state index contributed by atoms with van der Waals surface area (Å²) in [5, 5.41) is 11.0. The van der Waals surface area contributed by atoms with Gasteiger partial charge in [-0.3, -0.25) is 14.8 Å². The van der Waals surface area contributed by atoms with Gasteiger partial charge in [0.05, 0.1) is 14.8 Å². The third-order valence-corrected chi connectivity index (χ3v) is 6.50. The maximum atomic E-state index is 12.9. The van der Waals surface area contributed by atoms with Crippen molar-refractivity contribution in [2.24, 2.45) is 0 Å². The van der Waals surface area contributed by atoms with Crippen LogP contribution < -0.4 is 9.46 Å². The number of hydrogen-bond acceptors (Lipinski definition) is 5. The van der Waals surface area contributed by atoms with Gasteiger partial charge in [0.1, 0.15) is 11.5 Å². The minimum Gasteiger partial charge on any atom is -0.455 e. The van der Waals surface area contributed by atoms with Gasteiger partial charge in [-0.15, -0.1) is 0 Å². The van der Waals surface area contributed by atoms with E-state index >= 15 is 0 Å². The Morgan fingerprint density at radius 3 is 2.19 bits per heavy atom. The number of sulfonamides is 1. The van der Waals surface area contributed by atoms with Gasteiger partial charge in [0.2, 0.25) is 0 Å². The van der Waals surface area contributed by atoms with Gasteiger partial charge in [-0.25, -0.2) is 8.42 Å². The number of non-ortho nitro benzene ring substituents is 1. The van der Waals surface area contributed by atoms with Gasteiger partial charge in [0.25, 0.3) is 15.7 Å². The molecule has 0 spiro atoms. The third kappa shape index (κ3) is 4.98. The van der Waals surface area contributed by atoms with Gasteiger partial charge < -0.3 is 4.74 Å². The normalized spacial score (nSPS) is 11.3. The van der Waals surface area contributed by atoms with Crippen LogP contribution in [0, 0.1) is 37.8 Å². The van der Waals surface area contributed by atoms with Crippen molar-refractivity contribution in [1.29, 1.82) is 0 Å². The minimum absolute atomic E-state index is 0.000925. The Morgan fingerprint density at radius 2 is 1.61 bits per heavy atom.